The number of alkyl halides is 3. The Morgan fingerprint density at radius 1 is 1.26 bits per heavy atom. The van der Waals surface area contributed by atoms with Gasteiger partial charge in [0.25, 0.3) is 5.56 Å². The minimum absolute atomic E-state index is 0.0223. The van der Waals surface area contributed by atoms with Crippen LogP contribution >= 0.6 is 0 Å². The Hall–Kier alpha value is -2.71. The zero-order valence-corrected chi connectivity index (χ0v) is 12.0. The maximum absolute atomic E-state index is 13.1. The molecule has 9 heteroatoms. The van der Waals surface area contributed by atoms with Crippen molar-refractivity contribution < 1.29 is 13.2 Å². The minimum Gasteiger partial charge on any atom is -0.294 e. The molecule has 0 spiro atoms. The summed E-state index contributed by atoms with van der Waals surface area (Å²) in [4.78, 5) is 20.3. The zero-order valence-electron chi connectivity index (χ0n) is 12.0. The molecule has 2 aromatic heterocycles. The lowest BCUT2D eigenvalue weighted by Crippen LogP contribution is -2.28. The van der Waals surface area contributed by atoms with E-state index in [1.54, 1.807) is 6.92 Å². The number of hydrogen-bond donors (Lipinski definition) is 0. The van der Waals surface area contributed by atoms with Crippen molar-refractivity contribution in [1.29, 1.82) is 0 Å². The Balaban J connectivity index is 2.13. The summed E-state index contributed by atoms with van der Waals surface area (Å²) in [5.41, 5.74) is -1.68. The average Bonchev–Trinajstić information content (AvgIpc) is 2.99. The van der Waals surface area contributed by atoms with Crippen LogP contribution in [0.1, 0.15) is 18.5 Å². The molecule has 3 aromatic rings. The highest BCUT2D eigenvalue weighted by atomic mass is 19.4. The van der Waals surface area contributed by atoms with Crippen molar-refractivity contribution in [2.45, 2.75) is 25.7 Å². The van der Waals surface area contributed by atoms with Gasteiger partial charge in [-0.2, -0.15) is 18.3 Å². The fourth-order valence-electron chi connectivity index (χ4n) is 2.41. The van der Waals surface area contributed by atoms with Crippen LogP contribution in [0.5, 0.6) is 0 Å². The fourth-order valence-corrected chi connectivity index (χ4v) is 2.41. The van der Waals surface area contributed by atoms with Crippen molar-refractivity contribution in [2.24, 2.45) is 0 Å². The van der Waals surface area contributed by atoms with Crippen molar-refractivity contribution in [2.75, 3.05) is 0 Å². The van der Waals surface area contributed by atoms with Gasteiger partial charge in [-0.15, -0.1) is 0 Å². The van der Waals surface area contributed by atoms with Gasteiger partial charge in [0.15, 0.2) is 0 Å². The first-order valence-corrected chi connectivity index (χ1v) is 6.77. The molecule has 0 saturated carbocycles. The van der Waals surface area contributed by atoms with Gasteiger partial charge in [-0.25, -0.2) is 9.97 Å². The molecule has 0 fully saturated rings. The average molecular weight is 323 g/mol. The SMILES string of the molecule is CC(Cn1cncn1)n1cnc2cccc(C(F)(F)F)c2c1=O. The van der Waals surface area contributed by atoms with Crippen LogP contribution in [0, 0.1) is 0 Å². The predicted molar refractivity (Wildman–Crippen MR) is 75.7 cm³/mol. The summed E-state index contributed by atoms with van der Waals surface area (Å²) in [5, 5.41) is 3.50. The second-order valence-electron chi connectivity index (χ2n) is 5.12. The van der Waals surface area contributed by atoms with E-state index < -0.39 is 28.7 Å². The number of hydrogen-bond acceptors (Lipinski definition) is 4. The standard InChI is InChI=1S/C14H12F3N5O/c1-9(5-21-7-18-6-20-21)22-8-19-11-4-2-3-10(14(15,16)17)12(11)13(22)23/h2-4,6-9H,5H2,1H3. The van der Waals surface area contributed by atoms with E-state index in [2.05, 4.69) is 15.1 Å². The van der Waals surface area contributed by atoms with Crippen molar-refractivity contribution in [3.05, 3.63) is 53.1 Å². The monoisotopic (exact) mass is 323 g/mol. The fraction of sp³-hybridized carbons (Fsp3) is 0.286. The molecule has 0 aliphatic heterocycles. The lowest BCUT2D eigenvalue weighted by Gasteiger charge is -2.16. The van der Waals surface area contributed by atoms with Crippen LogP contribution in [0.4, 0.5) is 13.2 Å². The molecule has 0 aliphatic carbocycles. The molecule has 23 heavy (non-hydrogen) atoms. The molecule has 0 N–H and O–H groups in total. The zero-order chi connectivity index (χ0) is 16.6. The molecule has 0 amide bonds. The molecule has 0 bridgehead atoms. The molecule has 3 rings (SSSR count). The van der Waals surface area contributed by atoms with E-state index in [1.807, 2.05) is 0 Å². The third-order valence-corrected chi connectivity index (χ3v) is 3.51. The van der Waals surface area contributed by atoms with Gasteiger partial charge in [-0.3, -0.25) is 14.0 Å². The van der Waals surface area contributed by atoms with E-state index >= 15 is 0 Å². The molecule has 0 radical (unpaired) electrons. The summed E-state index contributed by atoms with van der Waals surface area (Å²) in [5.74, 6) is 0. The van der Waals surface area contributed by atoms with Crippen molar-refractivity contribution in [3.63, 3.8) is 0 Å². The third kappa shape index (κ3) is 2.81. The summed E-state index contributed by atoms with van der Waals surface area (Å²) in [6, 6.07) is 3.08. The molecule has 6 nitrogen and oxygen atoms in total. The summed E-state index contributed by atoms with van der Waals surface area (Å²) in [6.45, 7) is 1.99. The second kappa shape index (κ2) is 5.49. The molecule has 1 unspecified atom stereocenters. The van der Waals surface area contributed by atoms with Gasteiger partial charge in [-0.05, 0) is 19.1 Å². The van der Waals surface area contributed by atoms with Gasteiger partial charge < -0.3 is 0 Å². The van der Waals surface area contributed by atoms with E-state index in [0.29, 0.717) is 6.54 Å². The Morgan fingerprint density at radius 2 is 2.04 bits per heavy atom. The van der Waals surface area contributed by atoms with Crippen LogP contribution in [0.2, 0.25) is 0 Å². The van der Waals surface area contributed by atoms with Gasteiger partial charge in [-0.1, -0.05) is 6.07 Å². The topological polar surface area (TPSA) is 65.6 Å². The smallest absolute Gasteiger partial charge is 0.294 e. The van der Waals surface area contributed by atoms with Crippen molar-refractivity contribution in [1.82, 2.24) is 24.3 Å². The molecule has 2 heterocycles. The van der Waals surface area contributed by atoms with Crippen LogP contribution < -0.4 is 5.56 Å². The minimum atomic E-state index is -4.62. The van der Waals surface area contributed by atoms with Crippen LogP contribution in [-0.2, 0) is 12.7 Å². The first-order valence-electron chi connectivity index (χ1n) is 6.77. The molecule has 120 valence electrons. The maximum Gasteiger partial charge on any atom is 0.417 e. The summed E-state index contributed by atoms with van der Waals surface area (Å²) in [6.07, 6.45) is -0.547. The van der Waals surface area contributed by atoms with E-state index in [0.717, 1.165) is 6.07 Å². The highest BCUT2D eigenvalue weighted by Gasteiger charge is 2.34. The largest absolute Gasteiger partial charge is 0.417 e. The van der Waals surface area contributed by atoms with E-state index in [-0.39, 0.29) is 5.52 Å². The van der Waals surface area contributed by atoms with Crippen LogP contribution in [-0.4, -0.2) is 24.3 Å². The predicted octanol–water partition coefficient (Wildman–Crippen LogP) is 2.27. The van der Waals surface area contributed by atoms with Crippen LogP contribution in [0.15, 0.2) is 42.0 Å². The third-order valence-electron chi connectivity index (χ3n) is 3.51. The second-order valence-corrected chi connectivity index (χ2v) is 5.12. The Morgan fingerprint density at radius 3 is 2.70 bits per heavy atom. The van der Waals surface area contributed by atoms with Gasteiger partial charge in [0, 0.05) is 0 Å². The van der Waals surface area contributed by atoms with E-state index in [4.69, 9.17) is 0 Å². The lowest BCUT2D eigenvalue weighted by atomic mass is 10.1. The summed E-state index contributed by atoms with van der Waals surface area (Å²) in [7, 11) is 0. The normalized spacial score (nSPS) is 13.4. The van der Waals surface area contributed by atoms with Gasteiger partial charge in [0.1, 0.15) is 12.7 Å². The molecule has 1 atom stereocenters. The number of halogens is 3. The summed E-state index contributed by atoms with van der Waals surface area (Å²) < 4.78 is 42.1. The number of nitrogens with zero attached hydrogens (tertiary/aromatic N) is 5. The van der Waals surface area contributed by atoms with E-state index in [1.165, 1.54) is 40.4 Å². The van der Waals surface area contributed by atoms with Gasteiger partial charge in [0.2, 0.25) is 0 Å². The lowest BCUT2D eigenvalue weighted by molar-refractivity contribution is -0.136. The van der Waals surface area contributed by atoms with E-state index in [9.17, 15) is 18.0 Å². The van der Waals surface area contributed by atoms with Gasteiger partial charge >= 0.3 is 6.18 Å². The molecular weight excluding hydrogens is 311 g/mol. The van der Waals surface area contributed by atoms with Crippen molar-refractivity contribution >= 4 is 10.9 Å². The van der Waals surface area contributed by atoms with Crippen LogP contribution in [0.25, 0.3) is 10.9 Å². The summed E-state index contributed by atoms with van der Waals surface area (Å²) >= 11 is 0. The highest BCUT2D eigenvalue weighted by molar-refractivity contribution is 5.81. The number of rotatable bonds is 3. The maximum atomic E-state index is 13.1. The first-order chi connectivity index (χ1) is 10.9. The van der Waals surface area contributed by atoms with Crippen molar-refractivity contribution in [3.8, 4) is 0 Å². The molecule has 0 aliphatic rings. The quantitative estimate of drug-likeness (QED) is 0.742. The molecular formula is C14H12F3N5O. The Bertz CT molecular complexity index is 886. The van der Waals surface area contributed by atoms with Crippen LogP contribution in [0.3, 0.4) is 0 Å². The number of benzene rings is 1. The number of aromatic nitrogens is 5. The number of fused-ring (bicyclic) bond motifs is 1. The Kier molecular flexibility index (Phi) is 3.63. The molecule has 0 saturated heterocycles. The first kappa shape index (κ1) is 15.2. The Labute approximate surface area is 128 Å². The van der Waals surface area contributed by atoms with Gasteiger partial charge in [0.05, 0.1) is 35.4 Å². The molecule has 1 aromatic carbocycles. The highest BCUT2D eigenvalue weighted by Crippen LogP contribution is 2.32.